The molecule has 0 saturated heterocycles. The van der Waals surface area contributed by atoms with E-state index in [4.69, 9.17) is 32.5 Å². The van der Waals surface area contributed by atoms with Crippen molar-refractivity contribution >= 4 is 44.8 Å². The maximum Gasteiger partial charge on any atom is 0.150 e. The Bertz CT molecular complexity index is 1490. The van der Waals surface area contributed by atoms with Gasteiger partial charge in [-0.2, -0.15) is 0 Å². The van der Waals surface area contributed by atoms with E-state index in [2.05, 4.69) is 10.1 Å². The smallest absolute Gasteiger partial charge is 0.150 e. The first-order valence-corrected chi connectivity index (χ1v) is 14.8. The first-order chi connectivity index (χ1) is 18.4. The van der Waals surface area contributed by atoms with Crippen molar-refractivity contribution in [3.63, 3.8) is 0 Å². The summed E-state index contributed by atoms with van der Waals surface area (Å²) in [6.45, 7) is 0.388. The molecular weight excluding hydrogens is 546 g/mol. The molecule has 0 spiro atoms. The summed E-state index contributed by atoms with van der Waals surface area (Å²) in [5.41, 5.74) is 2.14. The van der Waals surface area contributed by atoms with Crippen molar-refractivity contribution in [2.75, 3.05) is 0 Å². The summed E-state index contributed by atoms with van der Waals surface area (Å²) in [6.07, 6.45) is 6.56. The number of hydrogen-bond acceptors (Lipinski definition) is 6. The molecule has 0 aliphatic heterocycles. The predicted octanol–water partition coefficient (Wildman–Crippen LogP) is 8.62. The lowest BCUT2D eigenvalue weighted by Crippen LogP contribution is -2.49. The van der Waals surface area contributed by atoms with Crippen molar-refractivity contribution in [1.82, 2.24) is 10.1 Å². The minimum absolute atomic E-state index is 0.248. The number of halogens is 3. The van der Waals surface area contributed by atoms with Gasteiger partial charge >= 0.3 is 0 Å². The van der Waals surface area contributed by atoms with Gasteiger partial charge in [0.15, 0.2) is 0 Å². The van der Waals surface area contributed by atoms with Crippen LogP contribution in [0.15, 0.2) is 40.9 Å². The van der Waals surface area contributed by atoms with Crippen LogP contribution in [0.5, 0.6) is 0 Å². The number of rotatable bonds is 7. The summed E-state index contributed by atoms with van der Waals surface area (Å²) in [5.74, 6) is 0.908. The maximum absolute atomic E-state index is 14.2. The van der Waals surface area contributed by atoms with E-state index >= 15 is 0 Å². The van der Waals surface area contributed by atoms with Gasteiger partial charge in [-0.05, 0) is 75.6 Å². The van der Waals surface area contributed by atoms with Crippen LogP contribution in [-0.2, 0) is 11.3 Å². The number of aliphatic hydroxyl groups excluding tert-OH is 1. The van der Waals surface area contributed by atoms with E-state index in [0.717, 1.165) is 67.4 Å². The molecule has 2 aromatic heterocycles. The number of thiazole rings is 1. The zero-order chi connectivity index (χ0) is 26.1. The van der Waals surface area contributed by atoms with Gasteiger partial charge in [-0.15, -0.1) is 11.3 Å². The number of hydrogen-bond donors (Lipinski definition) is 1. The molecule has 4 saturated carbocycles. The number of nitrogens with zero attached hydrogens (tertiary/aromatic N) is 2. The van der Waals surface area contributed by atoms with E-state index in [9.17, 15) is 9.50 Å². The molecule has 4 aliphatic rings. The Hall–Kier alpha value is -2.03. The van der Waals surface area contributed by atoms with Crippen LogP contribution in [0.3, 0.4) is 0 Å². The molecule has 4 aliphatic carbocycles. The van der Waals surface area contributed by atoms with Gasteiger partial charge in [-0.25, -0.2) is 9.37 Å². The van der Waals surface area contributed by atoms with Gasteiger partial charge in [0.1, 0.15) is 33.9 Å². The number of para-hydroxylation sites is 1. The molecule has 0 radical (unpaired) electrons. The largest absolute Gasteiger partial charge is 0.385 e. The third-order valence-corrected chi connectivity index (χ3v) is 10.6. The molecule has 1 N–H and O–H groups in total. The monoisotopic (exact) mass is 572 g/mol. The van der Waals surface area contributed by atoms with E-state index in [1.807, 2.05) is 24.3 Å². The molecule has 2 aromatic carbocycles. The van der Waals surface area contributed by atoms with Crippen molar-refractivity contribution in [1.29, 1.82) is 0 Å². The Morgan fingerprint density at radius 3 is 2.39 bits per heavy atom. The van der Waals surface area contributed by atoms with Crippen molar-refractivity contribution in [2.24, 2.45) is 5.41 Å². The zero-order valence-electron chi connectivity index (χ0n) is 20.7. The standard InChI is InChI=1S/C29H27Cl2FN2O3S/c30-18-3-1-4-19(31)22(18)23-17(25(37-34-23)16-7-8-16)15-36-29-12-9-28(10-13-29,11-14-29)26(35)27-33-24-20(32)5-2-6-21(24)38-27/h1-6,16,26,35H,7-15H2. The summed E-state index contributed by atoms with van der Waals surface area (Å²) in [4.78, 5) is 4.49. The average Bonchev–Trinajstić information content (AvgIpc) is 3.53. The minimum Gasteiger partial charge on any atom is -0.385 e. The molecule has 2 bridgehead atoms. The Balaban J connectivity index is 1.10. The fourth-order valence-corrected chi connectivity index (χ4v) is 8.08. The zero-order valence-corrected chi connectivity index (χ0v) is 23.0. The normalized spacial score (nSPS) is 25.8. The van der Waals surface area contributed by atoms with Gasteiger partial charge in [-0.3, -0.25) is 0 Å². The molecule has 198 valence electrons. The highest BCUT2D eigenvalue weighted by molar-refractivity contribution is 7.18. The van der Waals surface area contributed by atoms with E-state index in [-0.39, 0.29) is 16.8 Å². The highest BCUT2D eigenvalue weighted by atomic mass is 35.5. The molecule has 4 fully saturated rings. The lowest BCUT2D eigenvalue weighted by molar-refractivity contribution is -0.169. The van der Waals surface area contributed by atoms with E-state index < -0.39 is 6.10 Å². The van der Waals surface area contributed by atoms with Crippen molar-refractivity contribution in [3.8, 4) is 11.3 Å². The van der Waals surface area contributed by atoms with Crippen molar-refractivity contribution in [3.05, 3.63) is 68.6 Å². The SMILES string of the molecule is OC(c1nc2c(F)cccc2s1)C12CCC(OCc3c(-c4c(Cl)cccc4Cl)noc3C3CC3)(CC1)CC2. The van der Waals surface area contributed by atoms with Gasteiger partial charge in [0.2, 0.25) is 0 Å². The van der Waals surface area contributed by atoms with Crippen LogP contribution in [0.1, 0.15) is 79.7 Å². The molecule has 8 rings (SSSR count). The van der Waals surface area contributed by atoms with Crippen LogP contribution >= 0.6 is 34.5 Å². The maximum atomic E-state index is 14.2. The van der Waals surface area contributed by atoms with Gasteiger partial charge < -0.3 is 14.4 Å². The second-order valence-corrected chi connectivity index (χ2v) is 13.0. The van der Waals surface area contributed by atoms with Crippen LogP contribution in [0, 0.1) is 11.2 Å². The molecule has 1 atom stereocenters. The van der Waals surface area contributed by atoms with Gasteiger partial charge in [-0.1, -0.05) is 40.5 Å². The Morgan fingerprint density at radius 2 is 1.74 bits per heavy atom. The summed E-state index contributed by atoms with van der Waals surface area (Å²) < 4.78 is 27.5. The Kier molecular flexibility index (Phi) is 6.09. The highest BCUT2D eigenvalue weighted by Crippen LogP contribution is 2.60. The molecule has 2 heterocycles. The Labute approximate surface area is 233 Å². The predicted molar refractivity (Wildman–Crippen MR) is 146 cm³/mol. The van der Waals surface area contributed by atoms with E-state index in [0.29, 0.717) is 44.4 Å². The quantitative estimate of drug-likeness (QED) is 0.240. The van der Waals surface area contributed by atoms with Crippen LogP contribution in [0.2, 0.25) is 10.0 Å². The lowest BCUT2D eigenvalue weighted by Gasteiger charge is -2.54. The number of ether oxygens (including phenoxy) is 1. The average molecular weight is 574 g/mol. The van der Waals surface area contributed by atoms with Crippen LogP contribution in [0.4, 0.5) is 4.39 Å². The van der Waals surface area contributed by atoms with E-state index in [1.54, 1.807) is 6.07 Å². The molecule has 0 amide bonds. The molecule has 38 heavy (non-hydrogen) atoms. The van der Waals surface area contributed by atoms with Crippen LogP contribution in [0.25, 0.3) is 21.5 Å². The third kappa shape index (κ3) is 4.09. The van der Waals surface area contributed by atoms with E-state index in [1.165, 1.54) is 17.4 Å². The van der Waals surface area contributed by atoms with Gasteiger partial charge in [0, 0.05) is 22.5 Å². The van der Waals surface area contributed by atoms with Crippen molar-refractivity contribution in [2.45, 2.75) is 75.6 Å². The first-order valence-electron chi connectivity index (χ1n) is 13.2. The summed E-state index contributed by atoms with van der Waals surface area (Å²) in [5, 5.41) is 17.5. The molecule has 9 heteroatoms. The molecular formula is C29H27Cl2FN2O3S. The highest BCUT2D eigenvalue weighted by Gasteiger charge is 2.53. The topological polar surface area (TPSA) is 68.4 Å². The lowest BCUT2D eigenvalue weighted by atomic mass is 9.56. The number of aromatic nitrogens is 2. The third-order valence-electron chi connectivity index (χ3n) is 8.92. The fourth-order valence-electron chi connectivity index (χ4n) is 6.39. The number of aliphatic hydroxyl groups is 1. The summed E-state index contributed by atoms with van der Waals surface area (Å²) in [7, 11) is 0. The second-order valence-electron chi connectivity index (χ2n) is 11.1. The second kappa shape index (κ2) is 9.27. The summed E-state index contributed by atoms with van der Waals surface area (Å²) in [6, 6.07) is 10.4. The van der Waals surface area contributed by atoms with Gasteiger partial charge in [0.05, 0.1) is 27.0 Å². The van der Waals surface area contributed by atoms with Crippen LogP contribution < -0.4 is 0 Å². The summed E-state index contributed by atoms with van der Waals surface area (Å²) >= 11 is 14.4. The molecule has 1 unspecified atom stereocenters. The van der Waals surface area contributed by atoms with Crippen molar-refractivity contribution < 1.29 is 18.8 Å². The molecule has 5 nitrogen and oxygen atoms in total. The number of benzene rings is 2. The van der Waals surface area contributed by atoms with Gasteiger partial charge in [0.25, 0.3) is 0 Å². The number of fused-ring (bicyclic) bond motifs is 4. The fraction of sp³-hybridized carbons (Fsp3) is 0.448. The first kappa shape index (κ1) is 25.0. The Morgan fingerprint density at radius 1 is 1.05 bits per heavy atom. The minimum atomic E-state index is -0.703. The molecule has 4 aromatic rings. The van der Waals surface area contributed by atoms with Crippen LogP contribution in [-0.4, -0.2) is 20.8 Å².